The zero-order chi connectivity index (χ0) is 25.1. The van der Waals surface area contributed by atoms with Crippen molar-refractivity contribution in [3.8, 4) is 0 Å². The Bertz CT molecular complexity index is 1470. The number of esters is 2. The average Bonchev–Trinajstić information content (AvgIpc) is 2.82. The molecular formula is C27H22ClN3O4. The quantitative estimate of drug-likeness (QED) is 0.164. The van der Waals surface area contributed by atoms with E-state index in [0.29, 0.717) is 35.2 Å². The lowest BCUT2D eigenvalue weighted by molar-refractivity contribution is -0.137. The average molecular weight is 488 g/mol. The van der Waals surface area contributed by atoms with Gasteiger partial charge < -0.3 is 4.74 Å². The van der Waals surface area contributed by atoms with Crippen molar-refractivity contribution in [1.82, 2.24) is 15.0 Å². The normalized spacial score (nSPS) is 10.9. The van der Waals surface area contributed by atoms with Crippen LogP contribution in [-0.4, -0.2) is 33.2 Å². The largest absolute Gasteiger partial charge is 0.389 e. The van der Waals surface area contributed by atoms with Crippen LogP contribution < -0.4 is 0 Å². The second kappa shape index (κ2) is 10.1. The van der Waals surface area contributed by atoms with Crippen molar-refractivity contribution < 1.29 is 19.1 Å². The van der Waals surface area contributed by atoms with E-state index in [-0.39, 0.29) is 17.1 Å². The van der Waals surface area contributed by atoms with E-state index in [4.69, 9.17) is 16.3 Å². The summed E-state index contributed by atoms with van der Waals surface area (Å²) in [5.74, 6) is -1.40. The van der Waals surface area contributed by atoms with E-state index in [1.54, 1.807) is 37.3 Å². The number of aldehydes is 1. The second-order valence-corrected chi connectivity index (χ2v) is 8.61. The van der Waals surface area contributed by atoms with Gasteiger partial charge in [0.05, 0.1) is 45.8 Å². The lowest BCUT2D eigenvalue weighted by atomic mass is 10.0. The van der Waals surface area contributed by atoms with Crippen LogP contribution in [-0.2, 0) is 22.4 Å². The van der Waals surface area contributed by atoms with E-state index in [1.165, 1.54) is 0 Å². The van der Waals surface area contributed by atoms with Crippen molar-refractivity contribution in [3.63, 3.8) is 0 Å². The highest BCUT2D eigenvalue weighted by Gasteiger charge is 2.17. The van der Waals surface area contributed by atoms with Crippen molar-refractivity contribution in [2.75, 3.05) is 0 Å². The molecule has 0 unspecified atom stereocenters. The molecule has 2 aromatic heterocycles. The van der Waals surface area contributed by atoms with Crippen molar-refractivity contribution in [2.45, 2.75) is 33.6 Å². The van der Waals surface area contributed by atoms with E-state index in [0.717, 1.165) is 27.9 Å². The Morgan fingerprint density at radius 3 is 2.29 bits per heavy atom. The molecular weight excluding hydrogens is 466 g/mol. The van der Waals surface area contributed by atoms with Crippen molar-refractivity contribution in [1.29, 1.82) is 0 Å². The standard InChI is InChI=1S/C27H22ClN3O4/c1-15-16(2)30-23(17(3)29-15)13-25(33)35-27(34)20-7-4-18(5-8-20)10-19-6-9-21-12-22(14-32)26(28)31-24(21)11-19/h4-9,11-12,14H,10,13H2,1-3H3. The summed E-state index contributed by atoms with van der Waals surface area (Å²) < 4.78 is 5.01. The van der Waals surface area contributed by atoms with E-state index < -0.39 is 11.9 Å². The number of aryl methyl sites for hydroxylation is 3. The Morgan fingerprint density at radius 1 is 0.886 bits per heavy atom. The molecule has 0 radical (unpaired) electrons. The van der Waals surface area contributed by atoms with Gasteiger partial charge in [0, 0.05) is 5.39 Å². The molecule has 2 heterocycles. The van der Waals surface area contributed by atoms with Gasteiger partial charge in [-0.05, 0) is 62.6 Å². The molecule has 35 heavy (non-hydrogen) atoms. The fraction of sp³-hybridized carbons (Fsp3) is 0.185. The SMILES string of the molecule is Cc1nc(C)c(CC(=O)OC(=O)c2ccc(Cc3ccc4cc(C=O)c(Cl)nc4c3)cc2)nc1C. The lowest BCUT2D eigenvalue weighted by Gasteiger charge is -2.08. The maximum Gasteiger partial charge on any atom is 0.345 e. The Balaban J connectivity index is 1.41. The molecule has 0 saturated heterocycles. The Morgan fingerprint density at radius 2 is 1.57 bits per heavy atom. The molecule has 4 aromatic rings. The van der Waals surface area contributed by atoms with Crippen LogP contribution in [0.1, 0.15) is 54.6 Å². The van der Waals surface area contributed by atoms with Gasteiger partial charge in [-0.15, -0.1) is 0 Å². The topological polar surface area (TPSA) is 99.1 Å². The smallest absolute Gasteiger partial charge is 0.345 e. The summed E-state index contributed by atoms with van der Waals surface area (Å²) in [6.07, 6.45) is 1.16. The first-order valence-corrected chi connectivity index (χ1v) is 11.3. The molecule has 0 saturated carbocycles. The van der Waals surface area contributed by atoms with Crippen LogP contribution in [0.25, 0.3) is 10.9 Å². The molecule has 0 aliphatic heterocycles. The van der Waals surface area contributed by atoms with Gasteiger partial charge >= 0.3 is 11.9 Å². The third kappa shape index (κ3) is 5.58. The van der Waals surface area contributed by atoms with Crippen molar-refractivity contribution in [2.24, 2.45) is 0 Å². The highest BCUT2D eigenvalue weighted by atomic mass is 35.5. The molecule has 0 bridgehead atoms. The maximum absolute atomic E-state index is 12.4. The number of pyridine rings is 1. The van der Waals surface area contributed by atoms with Crippen LogP contribution in [0, 0.1) is 20.8 Å². The lowest BCUT2D eigenvalue weighted by Crippen LogP contribution is -2.17. The first kappa shape index (κ1) is 24.2. The van der Waals surface area contributed by atoms with Crippen LogP contribution in [0.15, 0.2) is 48.5 Å². The first-order valence-electron chi connectivity index (χ1n) is 10.9. The Kier molecular flexibility index (Phi) is 6.98. The predicted octanol–water partition coefficient (Wildman–Crippen LogP) is 4.93. The summed E-state index contributed by atoms with van der Waals surface area (Å²) >= 11 is 6.05. The number of aromatic nitrogens is 3. The van der Waals surface area contributed by atoms with Gasteiger partial charge in [0.2, 0.25) is 0 Å². The highest BCUT2D eigenvalue weighted by Crippen LogP contribution is 2.22. The van der Waals surface area contributed by atoms with Gasteiger partial charge in [0.1, 0.15) is 5.15 Å². The zero-order valence-corrected chi connectivity index (χ0v) is 20.2. The molecule has 0 fully saturated rings. The molecule has 0 aliphatic rings. The Labute approximate surface area is 207 Å². The number of nitrogens with zero attached hydrogens (tertiary/aromatic N) is 3. The summed E-state index contributed by atoms with van der Waals surface area (Å²) in [6.45, 7) is 5.43. The monoisotopic (exact) mass is 487 g/mol. The number of halogens is 1. The fourth-order valence-electron chi connectivity index (χ4n) is 3.66. The fourth-order valence-corrected chi connectivity index (χ4v) is 3.85. The van der Waals surface area contributed by atoms with Crippen LogP contribution in [0.2, 0.25) is 5.15 Å². The van der Waals surface area contributed by atoms with Gasteiger partial charge in [0.25, 0.3) is 0 Å². The van der Waals surface area contributed by atoms with E-state index in [1.807, 2.05) is 32.0 Å². The van der Waals surface area contributed by atoms with Crippen LogP contribution in [0.5, 0.6) is 0 Å². The van der Waals surface area contributed by atoms with E-state index in [2.05, 4.69) is 15.0 Å². The molecule has 176 valence electrons. The highest BCUT2D eigenvalue weighted by molar-refractivity contribution is 6.32. The minimum atomic E-state index is -0.716. The summed E-state index contributed by atoms with van der Waals surface area (Å²) in [5.41, 5.74) is 5.94. The maximum atomic E-state index is 12.4. The predicted molar refractivity (Wildman–Crippen MR) is 132 cm³/mol. The molecule has 0 N–H and O–H groups in total. The minimum Gasteiger partial charge on any atom is -0.389 e. The molecule has 8 heteroatoms. The summed E-state index contributed by atoms with van der Waals surface area (Å²) in [4.78, 5) is 48.8. The second-order valence-electron chi connectivity index (χ2n) is 8.25. The summed E-state index contributed by atoms with van der Waals surface area (Å²) in [6, 6.07) is 14.3. The first-order chi connectivity index (χ1) is 16.7. The Hall–Kier alpha value is -3.97. The third-order valence-electron chi connectivity index (χ3n) is 5.69. The number of hydrogen-bond acceptors (Lipinski definition) is 7. The minimum absolute atomic E-state index is 0.127. The van der Waals surface area contributed by atoms with Crippen molar-refractivity contribution >= 4 is 40.7 Å². The van der Waals surface area contributed by atoms with Crippen LogP contribution in [0.3, 0.4) is 0 Å². The van der Waals surface area contributed by atoms with Gasteiger partial charge in [-0.3, -0.25) is 19.6 Å². The molecule has 4 rings (SSSR count). The number of benzene rings is 2. The summed E-state index contributed by atoms with van der Waals surface area (Å²) in [7, 11) is 0. The van der Waals surface area contributed by atoms with Gasteiger partial charge in [0.15, 0.2) is 6.29 Å². The molecule has 0 spiro atoms. The van der Waals surface area contributed by atoms with Gasteiger partial charge in [-0.1, -0.05) is 35.9 Å². The zero-order valence-electron chi connectivity index (χ0n) is 19.5. The van der Waals surface area contributed by atoms with Gasteiger partial charge in [-0.2, -0.15) is 0 Å². The van der Waals surface area contributed by atoms with E-state index in [9.17, 15) is 14.4 Å². The molecule has 0 aliphatic carbocycles. The number of hydrogen-bond donors (Lipinski definition) is 0. The number of carbonyl (C=O) groups is 3. The van der Waals surface area contributed by atoms with Crippen LogP contribution in [0.4, 0.5) is 0 Å². The molecule has 0 amide bonds. The number of rotatable bonds is 6. The molecule has 0 atom stereocenters. The van der Waals surface area contributed by atoms with Gasteiger partial charge in [-0.25, -0.2) is 9.78 Å². The number of fused-ring (bicyclic) bond motifs is 1. The summed E-state index contributed by atoms with van der Waals surface area (Å²) in [5, 5.41) is 0.992. The van der Waals surface area contributed by atoms with Crippen LogP contribution >= 0.6 is 11.6 Å². The number of ether oxygens (including phenoxy) is 1. The van der Waals surface area contributed by atoms with Crippen molar-refractivity contribution in [3.05, 3.63) is 98.7 Å². The third-order valence-corrected chi connectivity index (χ3v) is 5.99. The van der Waals surface area contributed by atoms with E-state index >= 15 is 0 Å². The molecule has 7 nitrogen and oxygen atoms in total. The molecule has 2 aromatic carbocycles. The number of carbonyl (C=O) groups excluding carboxylic acids is 3.